The highest BCUT2D eigenvalue weighted by molar-refractivity contribution is 5.55. The van der Waals surface area contributed by atoms with Crippen LogP contribution in [0.4, 0.5) is 4.39 Å². The number of oxazole rings is 1. The summed E-state index contributed by atoms with van der Waals surface area (Å²) in [5, 5.41) is 9.47. The van der Waals surface area contributed by atoms with E-state index in [1.54, 1.807) is 18.3 Å². The van der Waals surface area contributed by atoms with Gasteiger partial charge in [0.1, 0.15) is 5.82 Å². The fraction of sp³-hybridized carbons (Fsp3) is 0.400. The Morgan fingerprint density at radius 2 is 1.95 bits per heavy atom. The Morgan fingerprint density at radius 3 is 2.65 bits per heavy atom. The Morgan fingerprint density at radius 1 is 1.25 bits per heavy atom. The highest BCUT2D eigenvalue weighted by Gasteiger charge is 2.18. The molecule has 0 radical (unpaired) electrons. The molecule has 0 amide bonds. The minimum absolute atomic E-state index is 0.175. The third-order valence-electron chi connectivity index (χ3n) is 3.60. The first kappa shape index (κ1) is 13.3. The van der Waals surface area contributed by atoms with E-state index in [0.29, 0.717) is 18.2 Å². The summed E-state index contributed by atoms with van der Waals surface area (Å²) >= 11 is 0. The van der Waals surface area contributed by atoms with Crippen molar-refractivity contribution >= 4 is 0 Å². The molecule has 0 spiro atoms. The number of aliphatic hydroxyl groups excluding tert-OH is 1. The summed E-state index contributed by atoms with van der Waals surface area (Å²) in [6, 6.07) is 6.17. The van der Waals surface area contributed by atoms with Crippen LogP contribution < -0.4 is 0 Å². The standard InChI is InChI=1S/C15H17FN2O2/c16-12-3-1-11(2-4-12)14-9-17-15(20-14)10-18-7-5-13(19)6-8-18/h1-4,9,13,19H,5-8,10H2. The zero-order chi connectivity index (χ0) is 13.9. The van der Waals surface area contributed by atoms with Crippen LogP contribution in [0.25, 0.3) is 11.3 Å². The predicted molar refractivity (Wildman–Crippen MR) is 72.4 cm³/mol. The van der Waals surface area contributed by atoms with Crippen LogP contribution in [-0.4, -0.2) is 34.2 Å². The third kappa shape index (κ3) is 3.05. The van der Waals surface area contributed by atoms with Crippen LogP contribution in [0.1, 0.15) is 18.7 Å². The molecule has 2 aromatic rings. The van der Waals surface area contributed by atoms with Crippen molar-refractivity contribution < 1.29 is 13.9 Å². The minimum atomic E-state index is -0.264. The molecular formula is C15H17FN2O2. The smallest absolute Gasteiger partial charge is 0.209 e. The summed E-state index contributed by atoms with van der Waals surface area (Å²) in [5.41, 5.74) is 0.819. The van der Waals surface area contributed by atoms with Crippen LogP contribution in [0, 0.1) is 5.82 Å². The van der Waals surface area contributed by atoms with Gasteiger partial charge >= 0.3 is 0 Å². The topological polar surface area (TPSA) is 49.5 Å². The molecule has 1 aromatic carbocycles. The van der Waals surface area contributed by atoms with E-state index < -0.39 is 0 Å². The lowest BCUT2D eigenvalue weighted by Gasteiger charge is -2.28. The van der Waals surface area contributed by atoms with Crippen molar-refractivity contribution in [3.05, 3.63) is 42.2 Å². The highest BCUT2D eigenvalue weighted by atomic mass is 19.1. The highest BCUT2D eigenvalue weighted by Crippen LogP contribution is 2.22. The van der Waals surface area contributed by atoms with E-state index in [1.807, 2.05) is 0 Å². The molecule has 1 aromatic heterocycles. The fourth-order valence-electron chi connectivity index (χ4n) is 2.40. The predicted octanol–water partition coefficient (Wildman–Crippen LogP) is 2.44. The number of rotatable bonds is 3. The normalized spacial score (nSPS) is 17.5. The number of benzene rings is 1. The molecule has 3 rings (SSSR count). The number of halogens is 1. The second-order valence-corrected chi connectivity index (χ2v) is 5.13. The number of aliphatic hydroxyl groups is 1. The maximum atomic E-state index is 12.9. The zero-order valence-electron chi connectivity index (χ0n) is 11.1. The van der Waals surface area contributed by atoms with Crippen molar-refractivity contribution in [2.75, 3.05) is 13.1 Å². The molecule has 0 bridgehead atoms. The summed E-state index contributed by atoms with van der Waals surface area (Å²) in [6.07, 6.45) is 3.09. The largest absolute Gasteiger partial charge is 0.439 e. The van der Waals surface area contributed by atoms with Gasteiger partial charge in [0.05, 0.1) is 18.8 Å². The fourth-order valence-corrected chi connectivity index (χ4v) is 2.40. The monoisotopic (exact) mass is 276 g/mol. The van der Waals surface area contributed by atoms with E-state index in [-0.39, 0.29) is 11.9 Å². The molecule has 0 atom stereocenters. The van der Waals surface area contributed by atoms with Crippen molar-refractivity contribution in [1.82, 2.24) is 9.88 Å². The zero-order valence-corrected chi connectivity index (χ0v) is 11.1. The van der Waals surface area contributed by atoms with Gasteiger partial charge in [-0.2, -0.15) is 0 Å². The molecule has 106 valence electrons. The summed E-state index contributed by atoms with van der Waals surface area (Å²) in [6.45, 7) is 2.36. The number of hydrogen-bond acceptors (Lipinski definition) is 4. The lowest BCUT2D eigenvalue weighted by atomic mass is 10.1. The summed E-state index contributed by atoms with van der Waals surface area (Å²) in [5.74, 6) is 1.04. The van der Waals surface area contributed by atoms with E-state index in [1.165, 1.54) is 12.1 Å². The molecule has 1 aliphatic heterocycles. The van der Waals surface area contributed by atoms with Crippen LogP contribution >= 0.6 is 0 Å². The van der Waals surface area contributed by atoms with Crippen LogP contribution in [0.3, 0.4) is 0 Å². The Kier molecular flexibility index (Phi) is 3.80. The van der Waals surface area contributed by atoms with Gasteiger partial charge in [0.2, 0.25) is 5.89 Å². The van der Waals surface area contributed by atoms with E-state index in [0.717, 1.165) is 31.5 Å². The first-order chi connectivity index (χ1) is 9.70. The molecule has 1 aliphatic rings. The number of likely N-dealkylation sites (tertiary alicyclic amines) is 1. The lowest BCUT2D eigenvalue weighted by molar-refractivity contribution is 0.0752. The first-order valence-electron chi connectivity index (χ1n) is 6.82. The van der Waals surface area contributed by atoms with Crippen LogP contribution in [0.2, 0.25) is 0 Å². The van der Waals surface area contributed by atoms with Gasteiger partial charge in [-0.15, -0.1) is 0 Å². The molecular weight excluding hydrogens is 259 g/mol. The number of nitrogens with zero attached hydrogens (tertiary/aromatic N) is 2. The summed E-state index contributed by atoms with van der Waals surface area (Å²) in [4.78, 5) is 6.48. The SMILES string of the molecule is OC1CCN(Cc2ncc(-c3ccc(F)cc3)o2)CC1. The Hall–Kier alpha value is -1.72. The molecule has 1 fully saturated rings. The van der Waals surface area contributed by atoms with E-state index >= 15 is 0 Å². The number of hydrogen-bond donors (Lipinski definition) is 1. The van der Waals surface area contributed by atoms with Crippen LogP contribution in [0.15, 0.2) is 34.9 Å². The van der Waals surface area contributed by atoms with Gasteiger partial charge in [-0.3, -0.25) is 4.90 Å². The van der Waals surface area contributed by atoms with Gasteiger partial charge in [0.25, 0.3) is 0 Å². The third-order valence-corrected chi connectivity index (χ3v) is 3.60. The first-order valence-corrected chi connectivity index (χ1v) is 6.82. The molecule has 1 N–H and O–H groups in total. The lowest BCUT2D eigenvalue weighted by Crippen LogP contribution is -2.35. The van der Waals surface area contributed by atoms with Crippen LogP contribution in [0.5, 0.6) is 0 Å². The average Bonchev–Trinajstić information content (AvgIpc) is 2.91. The Balaban J connectivity index is 1.66. The van der Waals surface area contributed by atoms with Gasteiger partial charge in [-0.1, -0.05) is 0 Å². The maximum absolute atomic E-state index is 12.9. The maximum Gasteiger partial charge on any atom is 0.209 e. The van der Waals surface area contributed by atoms with Crippen LogP contribution in [-0.2, 0) is 6.54 Å². The van der Waals surface area contributed by atoms with Crippen molar-refractivity contribution in [1.29, 1.82) is 0 Å². The molecule has 0 unspecified atom stereocenters. The number of aromatic nitrogens is 1. The van der Waals surface area contributed by atoms with Crippen molar-refractivity contribution in [2.24, 2.45) is 0 Å². The van der Waals surface area contributed by atoms with Crippen molar-refractivity contribution in [3.63, 3.8) is 0 Å². The minimum Gasteiger partial charge on any atom is -0.439 e. The Labute approximate surface area is 116 Å². The molecule has 0 saturated carbocycles. The van der Waals surface area contributed by atoms with Gasteiger partial charge in [0.15, 0.2) is 5.76 Å². The second kappa shape index (κ2) is 5.73. The molecule has 5 heteroatoms. The van der Waals surface area contributed by atoms with E-state index in [9.17, 15) is 9.50 Å². The summed E-state index contributed by atoms with van der Waals surface area (Å²) < 4.78 is 18.6. The second-order valence-electron chi connectivity index (χ2n) is 5.13. The molecule has 20 heavy (non-hydrogen) atoms. The van der Waals surface area contributed by atoms with E-state index in [2.05, 4.69) is 9.88 Å². The molecule has 4 nitrogen and oxygen atoms in total. The Bertz CT molecular complexity index is 560. The average molecular weight is 276 g/mol. The molecule has 1 saturated heterocycles. The summed E-state index contributed by atoms with van der Waals surface area (Å²) in [7, 11) is 0. The van der Waals surface area contributed by atoms with Crippen molar-refractivity contribution in [2.45, 2.75) is 25.5 Å². The molecule has 0 aliphatic carbocycles. The van der Waals surface area contributed by atoms with Gasteiger partial charge in [-0.05, 0) is 37.1 Å². The van der Waals surface area contributed by atoms with Gasteiger partial charge < -0.3 is 9.52 Å². The van der Waals surface area contributed by atoms with Crippen molar-refractivity contribution in [3.8, 4) is 11.3 Å². The quantitative estimate of drug-likeness (QED) is 0.935. The van der Waals surface area contributed by atoms with E-state index in [4.69, 9.17) is 4.42 Å². The number of piperidine rings is 1. The van der Waals surface area contributed by atoms with Gasteiger partial charge in [-0.25, -0.2) is 9.37 Å². The molecule has 2 heterocycles. The van der Waals surface area contributed by atoms with Gasteiger partial charge in [0, 0.05) is 18.7 Å².